The first-order chi connectivity index (χ1) is 13.0. The van der Waals surface area contributed by atoms with Crippen LogP contribution in [0.2, 0.25) is 5.02 Å². The lowest BCUT2D eigenvalue weighted by Crippen LogP contribution is -2.57. The number of hydrogen-bond acceptors (Lipinski definition) is 4. The van der Waals surface area contributed by atoms with Crippen LogP contribution in [0.5, 0.6) is 0 Å². The number of halogens is 3. The average molecular weight is 415 g/mol. The molecular weight excluding hydrogens is 394 g/mol. The minimum absolute atomic E-state index is 0.0643. The summed E-state index contributed by atoms with van der Waals surface area (Å²) in [5.41, 5.74) is 5.51. The number of alkyl halides is 2. The first-order valence-corrected chi connectivity index (χ1v) is 9.24. The van der Waals surface area contributed by atoms with Gasteiger partial charge in [-0.05, 0) is 25.8 Å². The monoisotopic (exact) mass is 414 g/mol. The molecule has 0 radical (unpaired) electrons. The summed E-state index contributed by atoms with van der Waals surface area (Å²) in [7, 11) is 0. The van der Waals surface area contributed by atoms with Crippen LogP contribution in [0.4, 0.5) is 19.3 Å². The van der Waals surface area contributed by atoms with E-state index in [0.29, 0.717) is 11.3 Å². The molecule has 0 spiro atoms. The van der Waals surface area contributed by atoms with Gasteiger partial charge in [-0.2, -0.15) is 0 Å². The number of nitrogens with zero attached hydrogens (tertiary/aromatic N) is 2. The lowest BCUT2D eigenvalue weighted by atomic mass is 9.85. The van der Waals surface area contributed by atoms with E-state index in [-0.39, 0.29) is 43.1 Å². The molecular formula is C18H21ClF2N4O3. The van der Waals surface area contributed by atoms with E-state index in [1.54, 1.807) is 25.1 Å². The van der Waals surface area contributed by atoms with Crippen molar-refractivity contribution in [2.75, 3.05) is 5.73 Å². The van der Waals surface area contributed by atoms with Gasteiger partial charge in [-0.15, -0.1) is 0 Å². The zero-order valence-corrected chi connectivity index (χ0v) is 16.0. The van der Waals surface area contributed by atoms with Crippen molar-refractivity contribution in [3.8, 4) is 0 Å². The SMILES string of the molecule is C[C@@]1(c2cccc(N)c2Cl)CC(=O)N(C2CCC(F)(F)CC2)C(NC(=O)O)=N1. The van der Waals surface area contributed by atoms with E-state index in [4.69, 9.17) is 17.3 Å². The first kappa shape index (κ1) is 20.3. The van der Waals surface area contributed by atoms with E-state index in [2.05, 4.69) is 10.3 Å². The third-order valence-electron chi connectivity index (χ3n) is 5.22. The Bertz CT molecular complexity index is 838. The highest BCUT2D eigenvalue weighted by Crippen LogP contribution is 2.41. The molecule has 10 heteroatoms. The van der Waals surface area contributed by atoms with Crippen molar-refractivity contribution < 1.29 is 23.5 Å². The topological polar surface area (TPSA) is 108 Å². The molecule has 152 valence electrons. The highest BCUT2D eigenvalue weighted by Gasteiger charge is 2.45. The Labute approximate surface area is 165 Å². The molecule has 1 atom stereocenters. The largest absolute Gasteiger partial charge is 0.465 e. The van der Waals surface area contributed by atoms with Gasteiger partial charge < -0.3 is 10.8 Å². The predicted molar refractivity (Wildman–Crippen MR) is 100 cm³/mol. The Morgan fingerprint density at radius 3 is 2.64 bits per heavy atom. The Balaban J connectivity index is 2.00. The number of guanidine groups is 1. The van der Waals surface area contributed by atoms with Gasteiger partial charge >= 0.3 is 6.09 Å². The minimum atomic E-state index is -2.77. The Hall–Kier alpha value is -2.42. The lowest BCUT2D eigenvalue weighted by Gasteiger charge is -2.42. The van der Waals surface area contributed by atoms with Crippen LogP contribution in [0.15, 0.2) is 23.2 Å². The van der Waals surface area contributed by atoms with Crippen molar-refractivity contribution in [1.82, 2.24) is 10.2 Å². The number of carbonyl (C=O) groups is 2. The molecule has 4 N–H and O–H groups in total. The van der Waals surface area contributed by atoms with Gasteiger partial charge in [-0.3, -0.25) is 15.0 Å². The van der Waals surface area contributed by atoms with E-state index in [0.717, 1.165) is 0 Å². The van der Waals surface area contributed by atoms with Crippen LogP contribution in [-0.2, 0) is 10.3 Å². The number of hydrogen-bond donors (Lipinski definition) is 3. The molecule has 0 unspecified atom stereocenters. The third kappa shape index (κ3) is 3.89. The first-order valence-electron chi connectivity index (χ1n) is 8.86. The summed E-state index contributed by atoms with van der Waals surface area (Å²) in [6.07, 6.45) is -2.09. The van der Waals surface area contributed by atoms with Crippen molar-refractivity contribution in [3.63, 3.8) is 0 Å². The Morgan fingerprint density at radius 2 is 2.04 bits per heavy atom. The molecule has 2 amide bonds. The van der Waals surface area contributed by atoms with Crippen LogP contribution in [0.25, 0.3) is 0 Å². The zero-order chi connectivity index (χ0) is 20.7. The number of carboxylic acid groups (broad SMARTS) is 1. The number of aliphatic imine (C=N–C) groups is 1. The summed E-state index contributed by atoms with van der Waals surface area (Å²) in [5.74, 6) is -3.36. The second-order valence-corrected chi connectivity index (χ2v) is 7.75. The van der Waals surface area contributed by atoms with Gasteiger partial charge in [-0.1, -0.05) is 23.7 Å². The molecule has 1 aromatic rings. The van der Waals surface area contributed by atoms with Gasteiger partial charge in [0.15, 0.2) is 0 Å². The number of benzene rings is 1. The number of amides is 2. The molecule has 0 bridgehead atoms. The number of nitrogens with two attached hydrogens (primary N) is 1. The Kier molecular flexibility index (Phi) is 5.22. The van der Waals surface area contributed by atoms with E-state index in [9.17, 15) is 23.5 Å². The molecule has 28 heavy (non-hydrogen) atoms. The standard InChI is InChI=1S/C18H21ClF2N4O3/c1-17(11-3-2-4-12(22)14(11)19)9-13(26)25(15(24-17)23-16(27)28)10-5-7-18(20,21)8-6-10/h2-4,10H,5-9,22H2,1H3,(H,23,24)(H,27,28)/t17-/m0/s1. The fourth-order valence-corrected chi connectivity index (χ4v) is 4.12. The lowest BCUT2D eigenvalue weighted by molar-refractivity contribution is -0.133. The maximum absolute atomic E-state index is 13.5. The smallest absolute Gasteiger partial charge is 0.411 e. The van der Waals surface area contributed by atoms with Crippen LogP contribution >= 0.6 is 11.6 Å². The zero-order valence-electron chi connectivity index (χ0n) is 15.2. The second kappa shape index (κ2) is 7.20. The molecule has 1 fully saturated rings. The predicted octanol–water partition coefficient (Wildman–Crippen LogP) is 3.57. The van der Waals surface area contributed by atoms with Crippen molar-refractivity contribution in [2.45, 2.75) is 56.5 Å². The van der Waals surface area contributed by atoms with E-state index in [1.807, 2.05) is 0 Å². The van der Waals surface area contributed by atoms with Crippen molar-refractivity contribution in [3.05, 3.63) is 28.8 Å². The summed E-state index contributed by atoms with van der Waals surface area (Å²) < 4.78 is 27.0. The van der Waals surface area contributed by atoms with Crippen molar-refractivity contribution in [1.29, 1.82) is 0 Å². The second-order valence-electron chi connectivity index (χ2n) is 7.38. The van der Waals surface area contributed by atoms with Gasteiger partial charge in [0.2, 0.25) is 17.8 Å². The fraction of sp³-hybridized carbons (Fsp3) is 0.500. The summed E-state index contributed by atoms with van der Waals surface area (Å²) in [6, 6.07) is 4.40. The molecule has 7 nitrogen and oxygen atoms in total. The molecule has 2 aliphatic rings. The van der Waals surface area contributed by atoms with Gasteiger partial charge in [0.05, 0.1) is 22.7 Å². The van der Waals surface area contributed by atoms with Gasteiger partial charge in [-0.25, -0.2) is 18.6 Å². The number of rotatable bonds is 2. The number of carbonyl (C=O) groups excluding carboxylic acids is 1. The summed E-state index contributed by atoms with van der Waals surface area (Å²) in [4.78, 5) is 29.9. The molecule has 1 aromatic carbocycles. The quantitative estimate of drug-likeness (QED) is 0.643. The molecule has 1 aliphatic carbocycles. The van der Waals surface area contributed by atoms with Gasteiger partial charge in [0.1, 0.15) is 0 Å². The normalized spacial score (nSPS) is 25.4. The molecule has 0 aromatic heterocycles. The number of anilines is 1. The van der Waals surface area contributed by atoms with Crippen LogP contribution in [0.3, 0.4) is 0 Å². The van der Waals surface area contributed by atoms with Gasteiger partial charge in [0, 0.05) is 24.4 Å². The minimum Gasteiger partial charge on any atom is -0.465 e. The number of nitrogen functional groups attached to an aromatic ring is 1. The summed E-state index contributed by atoms with van der Waals surface area (Å²) >= 11 is 6.29. The van der Waals surface area contributed by atoms with E-state index < -0.39 is 29.5 Å². The summed E-state index contributed by atoms with van der Waals surface area (Å²) in [6.45, 7) is 1.65. The van der Waals surface area contributed by atoms with Crippen LogP contribution in [0.1, 0.15) is 44.6 Å². The highest BCUT2D eigenvalue weighted by atomic mass is 35.5. The summed E-state index contributed by atoms with van der Waals surface area (Å²) in [5, 5.41) is 11.6. The van der Waals surface area contributed by atoms with Crippen LogP contribution in [-0.4, -0.2) is 39.9 Å². The molecule has 1 heterocycles. The molecule has 0 saturated heterocycles. The van der Waals surface area contributed by atoms with Crippen molar-refractivity contribution >= 4 is 35.2 Å². The molecule has 1 aliphatic heterocycles. The average Bonchev–Trinajstić information content (AvgIpc) is 2.57. The van der Waals surface area contributed by atoms with E-state index >= 15 is 0 Å². The fourth-order valence-electron chi connectivity index (χ4n) is 3.79. The number of nitrogens with one attached hydrogen (secondary N) is 1. The third-order valence-corrected chi connectivity index (χ3v) is 5.65. The Morgan fingerprint density at radius 1 is 1.39 bits per heavy atom. The van der Waals surface area contributed by atoms with E-state index in [1.165, 1.54) is 4.90 Å². The maximum atomic E-state index is 13.5. The van der Waals surface area contributed by atoms with Crippen molar-refractivity contribution in [2.24, 2.45) is 4.99 Å². The maximum Gasteiger partial charge on any atom is 0.411 e. The van der Waals surface area contributed by atoms with Crippen LogP contribution < -0.4 is 11.1 Å². The van der Waals surface area contributed by atoms with Gasteiger partial charge in [0.25, 0.3) is 0 Å². The molecule has 3 rings (SSSR count). The van der Waals surface area contributed by atoms with Crippen LogP contribution in [0, 0.1) is 0 Å². The molecule has 1 saturated carbocycles. The highest BCUT2D eigenvalue weighted by molar-refractivity contribution is 6.34.